The van der Waals surface area contributed by atoms with Crippen LogP contribution in [0.1, 0.15) is 22.6 Å². The van der Waals surface area contributed by atoms with E-state index in [4.69, 9.17) is 14.2 Å². The summed E-state index contributed by atoms with van der Waals surface area (Å²) in [5, 5.41) is 2.74. The van der Waals surface area contributed by atoms with Gasteiger partial charge in [0.2, 0.25) is 0 Å². The minimum atomic E-state index is -0.425. The maximum Gasteiger partial charge on any atom is 0.407 e. The fourth-order valence-corrected chi connectivity index (χ4v) is 3.86. The first kappa shape index (κ1) is 21.1. The SMILES string of the molecule is O=C(NCCOCCOCc1ccccc1)OCC1c2ccccc2-c2ccccc21. The molecule has 0 aliphatic heterocycles. The van der Waals surface area contributed by atoms with Gasteiger partial charge in [0.15, 0.2) is 0 Å². The minimum Gasteiger partial charge on any atom is -0.449 e. The van der Waals surface area contributed by atoms with Gasteiger partial charge in [0.25, 0.3) is 0 Å². The molecule has 5 nitrogen and oxygen atoms in total. The van der Waals surface area contributed by atoms with Crippen molar-refractivity contribution in [2.24, 2.45) is 0 Å². The molecular formula is C26H27NO4. The molecule has 31 heavy (non-hydrogen) atoms. The van der Waals surface area contributed by atoms with Gasteiger partial charge in [-0.2, -0.15) is 0 Å². The molecular weight excluding hydrogens is 390 g/mol. The standard InChI is InChI=1S/C26H27NO4/c28-26(27-14-15-29-16-17-30-18-20-8-2-1-3-9-20)31-19-25-23-12-6-4-10-21(23)22-11-5-7-13-24(22)25/h1-13,25H,14-19H2,(H,27,28). The highest BCUT2D eigenvalue weighted by Crippen LogP contribution is 2.44. The molecule has 3 aromatic rings. The molecule has 0 radical (unpaired) electrons. The molecule has 1 amide bonds. The van der Waals surface area contributed by atoms with Gasteiger partial charge in [-0.25, -0.2) is 4.79 Å². The zero-order valence-corrected chi connectivity index (χ0v) is 17.5. The second-order valence-corrected chi connectivity index (χ2v) is 7.40. The molecule has 5 heteroatoms. The summed E-state index contributed by atoms with van der Waals surface area (Å²) < 4.78 is 16.6. The molecule has 0 saturated carbocycles. The number of amides is 1. The lowest BCUT2D eigenvalue weighted by Gasteiger charge is -2.14. The van der Waals surface area contributed by atoms with Crippen molar-refractivity contribution in [3.63, 3.8) is 0 Å². The van der Waals surface area contributed by atoms with Crippen LogP contribution < -0.4 is 5.32 Å². The Hall–Kier alpha value is -3.15. The summed E-state index contributed by atoms with van der Waals surface area (Å²) in [7, 11) is 0. The molecule has 1 aliphatic rings. The Kier molecular flexibility index (Phi) is 7.32. The molecule has 0 fully saturated rings. The first-order valence-corrected chi connectivity index (χ1v) is 10.6. The number of hydrogen-bond acceptors (Lipinski definition) is 4. The van der Waals surface area contributed by atoms with Crippen molar-refractivity contribution in [2.75, 3.05) is 33.0 Å². The highest BCUT2D eigenvalue weighted by molar-refractivity contribution is 5.79. The number of nitrogens with one attached hydrogen (secondary N) is 1. The van der Waals surface area contributed by atoms with Crippen molar-refractivity contribution in [3.8, 4) is 11.1 Å². The Bertz CT molecular complexity index is 944. The summed E-state index contributed by atoms with van der Waals surface area (Å²) in [5.74, 6) is 0.0659. The van der Waals surface area contributed by atoms with E-state index in [2.05, 4.69) is 29.6 Å². The molecule has 1 aliphatic carbocycles. The molecule has 1 N–H and O–H groups in total. The molecule has 0 spiro atoms. The van der Waals surface area contributed by atoms with E-state index in [0.717, 1.165) is 5.56 Å². The summed E-state index contributed by atoms with van der Waals surface area (Å²) in [6.07, 6.45) is -0.425. The van der Waals surface area contributed by atoms with Crippen LogP contribution >= 0.6 is 0 Å². The van der Waals surface area contributed by atoms with Crippen LogP contribution in [0.3, 0.4) is 0 Å². The van der Waals surface area contributed by atoms with Gasteiger partial charge < -0.3 is 19.5 Å². The Morgan fingerprint density at radius 1 is 0.742 bits per heavy atom. The van der Waals surface area contributed by atoms with Gasteiger partial charge in [-0.15, -0.1) is 0 Å². The molecule has 0 saturated heterocycles. The third-order valence-electron chi connectivity index (χ3n) is 5.34. The molecule has 3 aromatic carbocycles. The van der Waals surface area contributed by atoms with Crippen molar-refractivity contribution in [1.82, 2.24) is 5.32 Å². The van der Waals surface area contributed by atoms with Crippen LogP contribution in [0.25, 0.3) is 11.1 Å². The van der Waals surface area contributed by atoms with Crippen LogP contribution in [0.2, 0.25) is 0 Å². The van der Waals surface area contributed by atoms with E-state index in [9.17, 15) is 4.79 Å². The van der Waals surface area contributed by atoms with E-state index in [1.807, 2.05) is 54.6 Å². The smallest absolute Gasteiger partial charge is 0.407 e. The van der Waals surface area contributed by atoms with Crippen LogP contribution in [0.15, 0.2) is 78.9 Å². The number of fused-ring (bicyclic) bond motifs is 3. The number of carbonyl (C=O) groups is 1. The van der Waals surface area contributed by atoms with Crippen molar-refractivity contribution >= 4 is 6.09 Å². The van der Waals surface area contributed by atoms with Crippen LogP contribution in [0.4, 0.5) is 4.79 Å². The van der Waals surface area contributed by atoms with E-state index in [1.54, 1.807) is 0 Å². The lowest BCUT2D eigenvalue weighted by molar-refractivity contribution is 0.0412. The Balaban J connectivity index is 1.12. The van der Waals surface area contributed by atoms with E-state index in [-0.39, 0.29) is 5.92 Å². The molecule has 0 unspecified atom stereocenters. The van der Waals surface area contributed by atoms with E-state index >= 15 is 0 Å². The highest BCUT2D eigenvalue weighted by atomic mass is 16.5. The minimum absolute atomic E-state index is 0.0659. The molecule has 160 valence electrons. The summed E-state index contributed by atoms with van der Waals surface area (Å²) >= 11 is 0. The molecule has 0 bridgehead atoms. The van der Waals surface area contributed by atoms with Crippen LogP contribution in [-0.2, 0) is 20.8 Å². The third-order valence-corrected chi connectivity index (χ3v) is 5.34. The van der Waals surface area contributed by atoms with Crippen LogP contribution in [0.5, 0.6) is 0 Å². The largest absolute Gasteiger partial charge is 0.449 e. The first-order chi connectivity index (χ1) is 15.3. The Morgan fingerprint density at radius 3 is 2.06 bits per heavy atom. The van der Waals surface area contributed by atoms with E-state index in [1.165, 1.54) is 22.3 Å². The molecule has 4 rings (SSSR count). The van der Waals surface area contributed by atoms with Gasteiger partial charge in [-0.05, 0) is 27.8 Å². The van der Waals surface area contributed by atoms with Gasteiger partial charge in [0.05, 0.1) is 26.4 Å². The van der Waals surface area contributed by atoms with Crippen molar-refractivity contribution < 1.29 is 19.0 Å². The summed E-state index contributed by atoms with van der Waals surface area (Å²) in [4.78, 5) is 12.1. The summed E-state index contributed by atoms with van der Waals surface area (Å²) in [6.45, 7) is 2.70. The molecule has 0 atom stereocenters. The molecule has 0 aromatic heterocycles. The maximum atomic E-state index is 12.1. The van der Waals surface area contributed by atoms with Gasteiger partial charge in [0.1, 0.15) is 6.61 Å². The topological polar surface area (TPSA) is 56.8 Å². The van der Waals surface area contributed by atoms with E-state index in [0.29, 0.717) is 39.6 Å². The second-order valence-electron chi connectivity index (χ2n) is 7.40. The zero-order valence-electron chi connectivity index (χ0n) is 17.5. The maximum absolute atomic E-state index is 12.1. The number of hydrogen-bond donors (Lipinski definition) is 1. The number of ether oxygens (including phenoxy) is 3. The Morgan fingerprint density at radius 2 is 1.35 bits per heavy atom. The zero-order chi connectivity index (χ0) is 21.3. The quantitative estimate of drug-likeness (QED) is 0.483. The first-order valence-electron chi connectivity index (χ1n) is 10.6. The van der Waals surface area contributed by atoms with Crippen LogP contribution in [0, 0.1) is 0 Å². The lowest BCUT2D eigenvalue weighted by atomic mass is 9.98. The predicted octanol–water partition coefficient (Wildman–Crippen LogP) is 4.76. The Labute approximate surface area is 183 Å². The summed E-state index contributed by atoms with van der Waals surface area (Å²) in [6, 6.07) is 26.6. The number of benzene rings is 3. The van der Waals surface area contributed by atoms with Crippen molar-refractivity contribution in [1.29, 1.82) is 0 Å². The average Bonchev–Trinajstić information content (AvgIpc) is 3.14. The monoisotopic (exact) mass is 417 g/mol. The average molecular weight is 418 g/mol. The lowest BCUT2D eigenvalue weighted by Crippen LogP contribution is -2.29. The summed E-state index contributed by atoms with van der Waals surface area (Å²) in [5.41, 5.74) is 5.98. The third kappa shape index (κ3) is 5.51. The van der Waals surface area contributed by atoms with Crippen molar-refractivity contribution in [3.05, 3.63) is 95.6 Å². The number of rotatable bonds is 10. The van der Waals surface area contributed by atoms with Gasteiger partial charge in [-0.1, -0.05) is 78.9 Å². The van der Waals surface area contributed by atoms with Crippen molar-refractivity contribution in [2.45, 2.75) is 12.5 Å². The van der Waals surface area contributed by atoms with E-state index < -0.39 is 6.09 Å². The van der Waals surface area contributed by atoms with Gasteiger partial charge >= 0.3 is 6.09 Å². The van der Waals surface area contributed by atoms with Gasteiger partial charge in [0, 0.05) is 12.5 Å². The number of alkyl carbamates (subject to hydrolysis) is 1. The second kappa shape index (κ2) is 10.8. The normalized spacial score (nSPS) is 12.3. The van der Waals surface area contributed by atoms with Gasteiger partial charge in [-0.3, -0.25) is 0 Å². The predicted molar refractivity (Wildman–Crippen MR) is 120 cm³/mol. The number of carbonyl (C=O) groups excluding carboxylic acids is 1. The fourth-order valence-electron chi connectivity index (χ4n) is 3.86. The fraction of sp³-hybridized carbons (Fsp3) is 0.269. The van der Waals surface area contributed by atoms with Crippen LogP contribution in [-0.4, -0.2) is 39.1 Å². The molecule has 0 heterocycles. The highest BCUT2D eigenvalue weighted by Gasteiger charge is 2.28.